The van der Waals surface area contributed by atoms with Crippen molar-refractivity contribution in [3.8, 4) is 11.3 Å². The summed E-state index contributed by atoms with van der Waals surface area (Å²) in [5.41, 5.74) is 9.31. The zero-order valence-corrected chi connectivity index (χ0v) is 11.4. The Morgan fingerprint density at radius 1 is 1.15 bits per heavy atom. The van der Waals surface area contributed by atoms with Gasteiger partial charge < -0.3 is 11.1 Å². The highest BCUT2D eigenvalue weighted by molar-refractivity contribution is 5.65. The number of fused-ring (bicyclic) bond motifs is 1. The first-order chi connectivity index (χ1) is 9.78. The van der Waals surface area contributed by atoms with Gasteiger partial charge in [-0.1, -0.05) is 19.1 Å². The van der Waals surface area contributed by atoms with Crippen LogP contribution in [-0.2, 0) is 0 Å². The second kappa shape index (κ2) is 5.21. The number of hydrogen-bond donors (Lipinski definition) is 2. The molecule has 20 heavy (non-hydrogen) atoms. The maximum Gasteiger partial charge on any atom is 0.154 e. The predicted octanol–water partition coefficient (Wildman–Crippen LogP) is 2.80. The number of hydrogen-bond acceptors (Lipinski definition) is 4. The topological polar surface area (TPSA) is 68.2 Å². The molecule has 0 spiro atoms. The molecule has 0 aliphatic carbocycles. The van der Waals surface area contributed by atoms with Crippen LogP contribution in [0.4, 0.5) is 11.5 Å². The third-order valence-corrected chi connectivity index (χ3v) is 3.12. The van der Waals surface area contributed by atoms with Crippen LogP contribution in [0.15, 0.2) is 42.6 Å². The summed E-state index contributed by atoms with van der Waals surface area (Å²) in [4.78, 5) is 4.38. The van der Waals surface area contributed by atoms with Gasteiger partial charge in [-0.15, -0.1) is 5.10 Å². The van der Waals surface area contributed by atoms with E-state index in [2.05, 4.69) is 22.3 Å². The van der Waals surface area contributed by atoms with Gasteiger partial charge in [-0.2, -0.15) is 0 Å². The average molecular weight is 267 g/mol. The summed E-state index contributed by atoms with van der Waals surface area (Å²) in [5, 5.41) is 7.87. The van der Waals surface area contributed by atoms with Gasteiger partial charge in [0.05, 0.1) is 11.9 Å². The molecule has 1 aromatic carbocycles. The van der Waals surface area contributed by atoms with Crippen molar-refractivity contribution in [1.29, 1.82) is 0 Å². The van der Waals surface area contributed by atoms with Crippen molar-refractivity contribution < 1.29 is 0 Å². The van der Waals surface area contributed by atoms with E-state index >= 15 is 0 Å². The van der Waals surface area contributed by atoms with Gasteiger partial charge in [0.2, 0.25) is 0 Å². The highest BCUT2D eigenvalue weighted by Gasteiger charge is 2.07. The van der Waals surface area contributed by atoms with Crippen molar-refractivity contribution in [2.24, 2.45) is 0 Å². The minimum absolute atomic E-state index is 0.751. The molecule has 0 aliphatic heterocycles. The van der Waals surface area contributed by atoms with Crippen LogP contribution in [-0.4, -0.2) is 21.1 Å². The Morgan fingerprint density at radius 3 is 2.70 bits per heavy atom. The molecule has 0 bridgehead atoms. The van der Waals surface area contributed by atoms with Crippen LogP contribution in [0.1, 0.15) is 13.3 Å². The molecule has 2 heterocycles. The number of benzene rings is 1. The molecular weight excluding hydrogens is 250 g/mol. The van der Waals surface area contributed by atoms with Crippen molar-refractivity contribution in [1.82, 2.24) is 14.6 Å². The average Bonchev–Trinajstić information content (AvgIpc) is 2.89. The Balaban J connectivity index is 2.04. The summed E-state index contributed by atoms with van der Waals surface area (Å²) in [5.74, 6) is 0.856. The van der Waals surface area contributed by atoms with Crippen LogP contribution >= 0.6 is 0 Å². The quantitative estimate of drug-likeness (QED) is 0.713. The molecule has 3 rings (SSSR count). The van der Waals surface area contributed by atoms with Gasteiger partial charge in [0.25, 0.3) is 0 Å². The van der Waals surface area contributed by atoms with E-state index in [-0.39, 0.29) is 0 Å². The summed E-state index contributed by atoms with van der Waals surface area (Å²) in [6.45, 7) is 3.03. The fourth-order valence-electron chi connectivity index (χ4n) is 2.07. The second-order valence-corrected chi connectivity index (χ2v) is 4.68. The Kier molecular flexibility index (Phi) is 3.25. The SMILES string of the molecule is CCCNc1ccc2ncc(-c3ccc(N)cc3)n2n1. The molecule has 3 N–H and O–H groups in total. The molecular formula is C15H17N5. The largest absolute Gasteiger partial charge is 0.399 e. The standard InChI is InChI=1S/C15H17N5/c1-2-9-17-14-7-8-15-18-10-13(20(15)19-14)11-3-5-12(16)6-4-11/h3-8,10H,2,9,16H2,1H3,(H,17,19). The lowest BCUT2D eigenvalue weighted by Gasteiger charge is -2.06. The van der Waals surface area contributed by atoms with Crippen molar-refractivity contribution in [3.63, 3.8) is 0 Å². The number of aromatic nitrogens is 3. The van der Waals surface area contributed by atoms with Crippen LogP contribution in [0.25, 0.3) is 16.9 Å². The number of anilines is 2. The fraction of sp³-hybridized carbons (Fsp3) is 0.200. The second-order valence-electron chi connectivity index (χ2n) is 4.68. The molecule has 0 saturated carbocycles. The molecule has 0 radical (unpaired) electrons. The zero-order chi connectivity index (χ0) is 13.9. The van der Waals surface area contributed by atoms with Crippen LogP contribution in [0.3, 0.4) is 0 Å². The molecule has 0 aliphatic rings. The Labute approximate surface area is 117 Å². The van der Waals surface area contributed by atoms with E-state index in [0.29, 0.717) is 0 Å². The van der Waals surface area contributed by atoms with Gasteiger partial charge in [-0.05, 0) is 30.7 Å². The Morgan fingerprint density at radius 2 is 1.95 bits per heavy atom. The zero-order valence-electron chi connectivity index (χ0n) is 11.4. The van der Waals surface area contributed by atoms with Gasteiger partial charge >= 0.3 is 0 Å². The van der Waals surface area contributed by atoms with Gasteiger partial charge in [-0.25, -0.2) is 9.50 Å². The van der Waals surface area contributed by atoms with Crippen molar-refractivity contribution in [2.75, 3.05) is 17.6 Å². The van der Waals surface area contributed by atoms with Crippen LogP contribution in [0, 0.1) is 0 Å². The highest BCUT2D eigenvalue weighted by atomic mass is 15.3. The summed E-state index contributed by atoms with van der Waals surface area (Å²) in [6.07, 6.45) is 2.89. The number of nitrogens with one attached hydrogen (secondary N) is 1. The molecule has 0 atom stereocenters. The third kappa shape index (κ3) is 2.30. The first-order valence-electron chi connectivity index (χ1n) is 6.72. The van der Waals surface area contributed by atoms with Crippen molar-refractivity contribution in [3.05, 3.63) is 42.6 Å². The number of nitrogen functional groups attached to an aromatic ring is 1. The van der Waals surface area contributed by atoms with E-state index in [1.165, 1.54) is 0 Å². The predicted molar refractivity (Wildman–Crippen MR) is 81.6 cm³/mol. The van der Waals surface area contributed by atoms with E-state index in [0.717, 1.165) is 41.4 Å². The number of imidazole rings is 1. The third-order valence-electron chi connectivity index (χ3n) is 3.12. The van der Waals surface area contributed by atoms with Gasteiger partial charge in [0.1, 0.15) is 5.82 Å². The molecule has 0 fully saturated rings. The van der Waals surface area contributed by atoms with Crippen LogP contribution in [0.5, 0.6) is 0 Å². The van der Waals surface area contributed by atoms with E-state index in [4.69, 9.17) is 5.73 Å². The lowest BCUT2D eigenvalue weighted by molar-refractivity contribution is 0.910. The molecule has 5 nitrogen and oxygen atoms in total. The van der Waals surface area contributed by atoms with E-state index in [1.807, 2.05) is 47.1 Å². The lowest BCUT2D eigenvalue weighted by Crippen LogP contribution is -2.05. The highest BCUT2D eigenvalue weighted by Crippen LogP contribution is 2.21. The monoisotopic (exact) mass is 267 g/mol. The molecule has 0 unspecified atom stereocenters. The molecule has 102 valence electrons. The maximum atomic E-state index is 5.72. The summed E-state index contributed by atoms with van der Waals surface area (Å²) in [7, 11) is 0. The van der Waals surface area contributed by atoms with E-state index < -0.39 is 0 Å². The minimum Gasteiger partial charge on any atom is -0.399 e. The van der Waals surface area contributed by atoms with Gasteiger partial charge in [-0.3, -0.25) is 0 Å². The molecule has 0 amide bonds. The van der Waals surface area contributed by atoms with E-state index in [1.54, 1.807) is 0 Å². The van der Waals surface area contributed by atoms with Crippen molar-refractivity contribution in [2.45, 2.75) is 13.3 Å². The molecule has 3 aromatic rings. The summed E-state index contributed by atoms with van der Waals surface area (Å²) >= 11 is 0. The fourth-order valence-corrected chi connectivity index (χ4v) is 2.07. The number of rotatable bonds is 4. The van der Waals surface area contributed by atoms with Crippen molar-refractivity contribution >= 4 is 17.2 Å². The summed E-state index contributed by atoms with van der Waals surface area (Å²) < 4.78 is 1.85. The maximum absolute atomic E-state index is 5.72. The molecule has 2 aromatic heterocycles. The first kappa shape index (κ1) is 12.5. The number of nitrogens with two attached hydrogens (primary N) is 1. The lowest BCUT2D eigenvalue weighted by atomic mass is 10.1. The Hall–Kier alpha value is -2.56. The minimum atomic E-state index is 0.751. The molecule has 0 saturated heterocycles. The van der Waals surface area contributed by atoms with Crippen LogP contribution in [0.2, 0.25) is 0 Å². The van der Waals surface area contributed by atoms with Gasteiger partial charge in [0.15, 0.2) is 5.65 Å². The van der Waals surface area contributed by atoms with Gasteiger partial charge in [0, 0.05) is 17.8 Å². The summed E-state index contributed by atoms with van der Waals surface area (Å²) in [6, 6.07) is 11.6. The number of nitrogens with zero attached hydrogens (tertiary/aromatic N) is 3. The Bertz CT molecular complexity index is 715. The van der Waals surface area contributed by atoms with E-state index in [9.17, 15) is 0 Å². The smallest absolute Gasteiger partial charge is 0.154 e. The molecule has 5 heteroatoms. The normalized spacial score (nSPS) is 10.8. The first-order valence-corrected chi connectivity index (χ1v) is 6.72. The van der Waals surface area contributed by atoms with Crippen LogP contribution < -0.4 is 11.1 Å².